The number of hydrogen-bond acceptors (Lipinski definition) is 7. The third kappa shape index (κ3) is 3.03. The van der Waals surface area contributed by atoms with Crippen LogP contribution in [0.2, 0.25) is 0 Å². The van der Waals surface area contributed by atoms with Gasteiger partial charge in [0, 0.05) is 11.3 Å². The fourth-order valence-corrected chi connectivity index (χ4v) is 3.89. The summed E-state index contributed by atoms with van der Waals surface area (Å²) >= 11 is 1.43. The van der Waals surface area contributed by atoms with Crippen molar-refractivity contribution in [1.82, 2.24) is 15.2 Å². The Hall–Kier alpha value is -3.32. The quantitative estimate of drug-likeness (QED) is 0.488. The molecule has 0 fully saturated rings. The van der Waals surface area contributed by atoms with Crippen LogP contribution >= 0.6 is 11.8 Å². The van der Waals surface area contributed by atoms with Crippen LogP contribution in [0.3, 0.4) is 0 Å². The van der Waals surface area contributed by atoms with E-state index in [1.807, 2.05) is 54.8 Å². The summed E-state index contributed by atoms with van der Waals surface area (Å²) in [5, 5.41) is 14.8. The highest BCUT2D eigenvalue weighted by Gasteiger charge is 2.29. The minimum atomic E-state index is -0.509. The Morgan fingerprint density at radius 3 is 2.69 bits per heavy atom. The van der Waals surface area contributed by atoms with Crippen molar-refractivity contribution in [3.63, 3.8) is 0 Å². The van der Waals surface area contributed by atoms with Crippen LogP contribution in [0.25, 0.3) is 22.0 Å². The van der Waals surface area contributed by atoms with Gasteiger partial charge in [0.1, 0.15) is 5.75 Å². The average Bonchev–Trinajstić information content (AvgIpc) is 2.94. The largest absolute Gasteiger partial charge is 0.496 e. The number of hydrogen-bond donors (Lipinski definition) is 1. The normalized spacial score (nSPS) is 14.9. The second-order valence-electron chi connectivity index (χ2n) is 6.54. The fourth-order valence-electron chi connectivity index (χ4n) is 3.59. The Labute approximate surface area is 172 Å². The lowest BCUT2D eigenvalue weighted by Gasteiger charge is -2.23. The number of para-hydroxylation sites is 1. The van der Waals surface area contributed by atoms with Crippen molar-refractivity contribution < 1.29 is 9.47 Å². The van der Waals surface area contributed by atoms with Gasteiger partial charge < -0.3 is 14.8 Å². The van der Waals surface area contributed by atoms with Crippen molar-refractivity contribution >= 4 is 28.2 Å². The van der Waals surface area contributed by atoms with Crippen molar-refractivity contribution in [2.24, 2.45) is 0 Å². The Balaban J connectivity index is 1.75. The highest BCUT2D eigenvalue weighted by atomic mass is 32.2. The second-order valence-corrected chi connectivity index (χ2v) is 7.32. The Kier molecular flexibility index (Phi) is 4.44. The van der Waals surface area contributed by atoms with E-state index in [-0.39, 0.29) is 0 Å². The van der Waals surface area contributed by atoms with Gasteiger partial charge in [-0.1, -0.05) is 60.3 Å². The molecule has 0 unspecified atom stereocenters. The third-order valence-corrected chi connectivity index (χ3v) is 5.47. The summed E-state index contributed by atoms with van der Waals surface area (Å²) in [6.07, 6.45) is 1.40. The number of fused-ring (bicyclic) bond motifs is 4. The maximum Gasteiger partial charge on any atom is 0.247 e. The molecule has 1 atom stereocenters. The van der Waals surface area contributed by atoms with Gasteiger partial charge in [-0.25, -0.2) is 0 Å². The number of nitrogens with one attached hydrogen (secondary N) is 1. The fraction of sp³-hybridized carbons (Fsp3) is 0.136. The Bertz CT molecular complexity index is 1210. The zero-order chi connectivity index (χ0) is 19.8. The van der Waals surface area contributed by atoms with Crippen LogP contribution in [-0.2, 0) is 0 Å². The maximum absolute atomic E-state index is 6.40. The summed E-state index contributed by atoms with van der Waals surface area (Å²) in [7, 11) is 1.67. The molecule has 0 saturated heterocycles. The van der Waals surface area contributed by atoms with Crippen molar-refractivity contribution in [2.45, 2.75) is 11.4 Å². The number of rotatable bonds is 3. The molecular weight excluding hydrogens is 384 g/mol. The van der Waals surface area contributed by atoms with Crippen molar-refractivity contribution in [2.75, 3.05) is 18.7 Å². The number of anilines is 1. The van der Waals surface area contributed by atoms with Crippen LogP contribution in [0.15, 0.2) is 65.8 Å². The lowest BCUT2D eigenvalue weighted by Crippen LogP contribution is -2.18. The number of nitrogens with zero attached hydrogens (tertiary/aromatic N) is 3. The SMILES string of the molecule is COc1ccc2ccccc2c1[C@H]1Nc2ccccc2-c2nnc(SC)nc2O1. The monoisotopic (exact) mass is 402 g/mol. The van der Waals surface area contributed by atoms with E-state index in [0.717, 1.165) is 33.3 Å². The van der Waals surface area contributed by atoms with Gasteiger partial charge in [-0.15, -0.1) is 10.2 Å². The van der Waals surface area contributed by atoms with E-state index in [1.165, 1.54) is 11.8 Å². The second kappa shape index (κ2) is 7.25. The first-order valence-corrected chi connectivity index (χ1v) is 10.4. The third-order valence-electron chi connectivity index (χ3n) is 4.93. The summed E-state index contributed by atoms with van der Waals surface area (Å²) in [6.45, 7) is 0. The zero-order valence-electron chi connectivity index (χ0n) is 15.9. The zero-order valence-corrected chi connectivity index (χ0v) is 16.7. The molecule has 0 radical (unpaired) electrons. The van der Waals surface area contributed by atoms with E-state index in [0.29, 0.717) is 16.7 Å². The van der Waals surface area contributed by atoms with Crippen molar-refractivity contribution in [1.29, 1.82) is 0 Å². The maximum atomic E-state index is 6.40. The van der Waals surface area contributed by atoms with Crippen LogP contribution in [0.5, 0.6) is 11.6 Å². The molecule has 2 heterocycles. The van der Waals surface area contributed by atoms with Gasteiger partial charge in [0.2, 0.25) is 17.3 Å². The first-order chi connectivity index (χ1) is 14.3. The molecule has 0 spiro atoms. The number of benzene rings is 3. The predicted molar refractivity (Wildman–Crippen MR) is 115 cm³/mol. The minimum Gasteiger partial charge on any atom is -0.496 e. The van der Waals surface area contributed by atoms with E-state index in [2.05, 4.69) is 32.6 Å². The average molecular weight is 402 g/mol. The number of ether oxygens (including phenoxy) is 2. The molecule has 7 heteroatoms. The van der Waals surface area contributed by atoms with Gasteiger partial charge in [0.25, 0.3) is 0 Å². The van der Waals surface area contributed by atoms with E-state index in [9.17, 15) is 0 Å². The molecule has 0 saturated carbocycles. The van der Waals surface area contributed by atoms with Gasteiger partial charge in [-0.05, 0) is 29.2 Å². The lowest BCUT2D eigenvalue weighted by atomic mass is 10.0. The highest BCUT2D eigenvalue weighted by Crippen LogP contribution is 2.42. The molecule has 0 amide bonds. The number of aromatic nitrogens is 3. The molecular formula is C22H18N4O2S. The van der Waals surface area contributed by atoms with Crippen molar-refractivity contribution in [3.8, 4) is 22.9 Å². The van der Waals surface area contributed by atoms with Gasteiger partial charge in [0.05, 0.1) is 12.7 Å². The van der Waals surface area contributed by atoms with E-state index in [4.69, 9.17) is 9.47 Å². The Morgan fingerprint density at radius 1 is 1.00 bits per heavy atom. The molecule has 3 aromatic carbocycles. The lowest BCUT2D eigenvalue weighted by molar-refractivity contribution is 0.221. The number of methoxy groups -OCH3 is 1. The molecule has 5 rings (SSSR count). The summed E-state index contributed by atoms with van der Waals surface area (Å²) in [5.41, 5.74) is 3.33. The molecule has 0 aliphatic carbocycles. The Morgan fingerprint density at radius 2 is 1.83 bits per heavy atom. The standard InChI is InChI=1S/C22H18N4O2S/c1-27-17-12-11-13-7-3-4-8-14(13)18(17)20-23-16-10-6-5-9-15(16)19-21(28-20)24-22(29-2)26-25-19/h3-12,20,23H,1-2H3/t20-/m0/s1. The molecule has 1 N–H and O–H groups in total. The molecule has 144 valence electrons. The predicted octanol–water partition coefficient (Wildman–Crippen LogP) is 4.93. The molecule has 6 nitrogen and oxygen atoms in total. The molecule has 1 aliphatic heterocycles. The molecule has 1 aromatic heterocycles. The van der Waals surface area contributed by atoms with Crippen molar-refractivity contribution in [3.05, 3.63) is 66.2 Å². The van der Waals surface area contributed by atoms with Crippen LogP contribution in [0.1, 0.15) is 11.8 Å². The van der Waals surface area contributed by atoms with E-state index in [1.54, 1.807) is 7.11 Å². The van der Waals surface area contributed by atoms with Gasteiger partial charge in [-0.2, -0.15) is 4.98 Å². The summed E-state index contributed by atoms with van der Waals surface area (Å²) in [6, 6.07) is 20.1. The highest BCUT2D eigenvalue weighted by molar-refractivity contribution is 7.98. The van der Waals surface area contributed by atoms with Crippen LogP contribution < -0.4 is 14.8 Å². The molecule has 0 bridgehead atoms. The van der Waals surface area contributed by atoms with Crippen LogP contribution in [0.4, 0.5) is 5.69 Å². The number of thioether (sulfide) groups is 1. The van der Waals surface area contributed by atoms with Crippen LogP contribution in [0, 0.1) is 0 Å². The summed E-state index contributed by atoms with van der Waals surface area (Å²) in [4.78, 5) is 4.59. The van der Waals surface area contributed by atoms with Gasteiger partial charge in [-0.3, -0.25) is 0 Å². The summed E-state index contributed by atoms with van der Waals surface area (Å²) in [5.74, 6) is 1.19. The van der Waals surface area contributed by atoms with E-state index >= 15 is 0 Å². The first kappa shape index (κ1) is 17.8. The first-order valence-electron chi connectivity index (χ1n) is 9.15. The summed E-state index contributed by atoms with van der Waals surface area (Å²) < 4.78 is 12.1. The van der Waals surface area contributed by atoms with Gasteiger partial charge in [0.15, 0.2) is 5.69 Å². The smallest absolute Gasteiger partial charge is 0.247 e. The van der Waals surface area contributed by atoms with E-state index < -0.39 is 6.23 Å². The molecule has 1 aliphatic rings. The molecule has 4 aromatic rings. The minimum absolute atomic E-state index is 0.446. The topological polar surface area (TPSA) is 69.2 Å². The van der Waals surface area contributed by atoms with Gasteiger partial charge >= 0.3 is 0 Å². The molecule has 29 heavy (non-hydrogen) atoms. The van der Waals surface area contributed by atoms with Crippen LogP contribution in [-0.4, -0.2) is 28.5 Å².